The minimum Gasteiger partial charge on any atom is -0.508 e. The quantitative estimate of drug-likeness (QED) is 0.644. The second-order valence-corrected chi connectivity index (χ2v) is 7.96. The Labute approximate surface area is 186 Å². The molecule has 0 unspecified atom stereocenters. The standard InChI is InChI=1S/C25H24N2O5/c1-26(2)24(30)17-8-9-18-13-27(14-19(18)10-17)25(31)23-21(29)11-20(28)12-22(23)32-15-16-6-4-3-5-7-16/h3-12,28-29H,13-15H2,1-2H3. The molecule has 0 spiro atoms. The van der Waals surface area contributed by atoms with E-state index in [4.69, 9.17) is 4.74 Å². The van der Waals surface area contributed by atoms with Crippen molar-refractivity contribution in [2.75, 3.05) is 14.1 Å². The average molecular weight is 432 g/mol. The molecular weight excluding hydrogens is 408 g/mol. The lowest BCUT2D eigenvalue weighted by molar-refractivity contribution is 0.0742. The molecule has 2 N–H and O–H groups in total. The Balaban J connectivity index is 1.58. The first-order valence-corrected chi connectivity index (χ1v) is 10.2. The highest BCUT2D eigenvalue weighted by atomic mass is 16.5. The van der Waals surface area contributed by atoms with Crippen LogP contribution in [0.3, 0.4) is 0 Å². The van der Waals surface area contributed by atoms with Gasteiger partial charge < -0.3 is 24.7 Å². The van der Waals surface area contributed by atoms with Crippen LogP contribution in [-0.4, -0.2) is 45.9 Å². The van der Waals surface area contributed by atoms with Crippen LogP contribution in [0.1, 0.15) is 37.4 Å². The van der Waals surface area contributed by atoms with Gasteiger partial charge in [0.15, 0.2) is 0 Å². The Morgan fingerprint density at radius 1 is 0.969 bits per heavy atom. The van der Waals surface area contributed by atoms with E-state index in [0.29, 0.717) is 18.7 Å². The van der Waals surface area contributed by atoms with Crippen LogP contribution in [0.5, 0.6) is 17.2 Å². The highest BCUT2D eigenvalue weighted by Crippen LogP contribution is 2.36. The summed E-state index contributed by atoms with van der Waals surface area (Å²) < 4.78 is 5.80. The van der Waals surface area contributed by atoms with Gasteiger partial charge in [0.25, 0.3) is 11.8 Å². The first kappa shape index (κ1) is 21.2. The number of carbonyl (C=O) groups is 2. The van der Waals surface area contributed by atoms with E-state index in [1.165, 1.54) is 11.0 Å². The van der Waals surface area contributed by atoms with E-state index in [1.54, 1.807) is 31.1 Å². The highest BCUT2D eigenvalue weighted by Gasteiger charge is 2.29. The van der Waals surface area contributed by atoms with E-state index in [2.05, 4.69) is 0 Å². The summed E-state index contributed by atoms with van der Waals surface area (Å²) in [5, 5.41) is 20.4. The minimum absolute atomic E-state index is 0.00358. The SMILES string of the molecule is CN(C)C(=O)c1ccc2c(c1)CN(C(=O)c1c(O)cc(O)cc1OCc1ccccc1)C2. The van der Waals surface area contributed by atoms with Crippen LogP contribution in [0, 0.1) is 0 Å². The molecule has 32 heavy (non-hydrogen) atoms. The van der Waals surface area contributed by atoms with Crippen molar-refractivity contribution >= 4 is 11.8 Å². The second-order valence-electron chi connectivity index (χ2n) is 7.96. The van der Waals surface area contributed by atoms with Gasteiger partial charge >= 0.3 is 0 Å². The number of aromatic hydroxyl groups is 2. The molecule has 4 rings (SSSR count). The maximum atomic E-state index is 13.3. The van der Waals surface area contributed by atoms with Crippen LogP contribution >= 0.6 is 0 Å². The van der Waals surface area contributed by atoms with E-state index in [-0.39, 0.29) is 35.3 Å². The van der Waals surface area contributed by atoms with Crippen molar-refractivity contribution in [2.45, 2.75) is 19.7 Å². The van der Waals surface area contributed by atoms with E-state index < -0.39 is 5.91 Å². The van der Waals surface area contributed by atoms with Gasteiger partial charge in [-0.25, -0.2) is 0 Å². The molecule has 0 fully saturated rings. The second kappa shape index (κ2) is 8.63. The molecule has 7 heteroatoms. The van der Waals surface area contributed by atoms with Crippen molar-refractivity contribution < 1.29 is 24.5 Å². The number of rotatable bonds is 5. The Kier molecular flexibility index (Phi) is 5.73. The fraction of sp³-hybridized carbons (Fsp3) is 0.200. The molecule has 0 bridgehead atoms. The highest BCUT2D eigenvalue weighted by molar-refractivity contribution is 6.00. The van der Waals surface area contributed by atoms with Crippen molar-refractivity contribution in [1.82, 2.24) is 9.80 Å². The summed E-state index contributed by atoms with van der Waals surface area (Å²) in [4.78, 5) is 28.7. The lowest BCUT2D eigenvalue weighted by Crippen LogP contribution is -2.26. The van der Waals surface area contributed by atoms with Crippen LogP contribution in [0.4, 0.5) is 0 Å². The van der Waals surface area contributed by atoms with Gasteiger partial charge in [-0.1, -0.05) is 36.4 Å². The smallest absolute Gasteiger partial charge is 0.262 e. The Bertz CT molecular complexity index is 1170. The lowest BCUT2D eigenvalue weighted by atomic mass is 10.1. The van der Waals surface area contributed by atoms with Crippen LogP contribution in [0.2, 0.25) is 0 Å². The molecule has 7 nitrogen and oxygen atoms in total. The maximum Gasteiger partial charge on any atom is 0.262 e. The summed E-state index contributed by atoms with van der Waals surface area (Å²) in [5.74, 6) is -0.959. The predicted molar refractivity (Wildman–Crippen MR) is 119 cm³/mol. The van der Waals surface area contributed by atoms with Crippen molar-refractivity contribution in [3.8, 4) is 17.2 Å². The van der Waals surface area contributed by atoms with Gasteiger partial charge in [-0.05, 0) is 28.8 Å². The maximum absolute atomic E-state index is 13.3. The summed E-state index contributed by atoms with van der Waals surface area (Å²) in [6, 6.07) is 17.3. The fourth-order valence-electron chi connectivity index (χ4n) is 3.74. The summed E-state index contributed by atoms with van der Waals surface area (Å²) in [5.41, 5.74) is 3.27. The van der Waals surface area contributed by atoms with E-state index in [9.17, 15) is 19.8 Å². The van der Waals surface area contributed by atoms with Crippen LogP contribution in [-0.2, 0) is 19.7 Å². The zero-order chi connectivity index (χ0) is 22.8. The van der Waals surface area contributed by atoms with Gasteiger partial charge in [-0.3, -0.25) is 9.59 Å². The number of fused-ring (bicyclic) bond motifs is 1. The van der Waals surface area contributed by atoms with Crippen molar-refractivity contribution in [1.29, 1.82) is 0 Å². The van der Waals surface area contributed by atoms with Crippen molar-refractivity contribution in [2.24, 2.45) is 0 Å². The van der Waals surface area contributed by atoms with Gasteiger partial charge in [0.05, 0.1) is 0 Å². The summed E-state index contributed by atoms with van der Waals surface area (Å²) in [6.45, 7) is 0.838. The summed E-state index contributed by atoms with van der Waals surface area (Å²) >= 11 is 0. The first-order valence-electron chi connectivity index (χ1n) is 10.2. The number of benzene rings is 3. The molecule has 0 radical (unpaired) electrons. The van der Waals surface area contributed by atoms with Gasteiger partial charge in [0.2, 0.25) is 0 Å². The fourth-order valence-corrected chi connectivity index (χ4v) is 3.74. The molecule has 0 saturated heterocycles. The Hall–Kier alpha value is -4.00. The molecule has 1 heterocycles. The van der Waals surface area contributed by atoms with Crippen LogP contribution in [0.15, 0.2) is 60.7 Å². The summed E-state index contributed by atoms with van der Waals surface area (Å²) in [6.07, 6.45) is 0. The monoisotopic (exact) mass is 432 g/mol. The molecule has 0 aliphatic carbocycles. The number of amides is 2. The van der Waals surface area contributed by atoms with Gasteiger partial charge in [0.1, 0.15) is 29.4 Å². The van der Waals surface area contributed by atoms with Crippen molar-refractivity contribution in [3.05, 3.63) is 88.5 Å². The number of hydrogen-bond donors (Lipinski definition) is 2. The third kappa shape index (κ3) is 4.23. The molecule has 0 atom stereocenters. The van der Waals surface area contributed by atoms with Crippen LogP contribution < -0.4 is 4.74 Å². The van der Waals surface area contributed by atoms with E-state index >= 15 is 0 Å². The van der Waals surface area contributed by atoms with Gasteiger partial charge in [-0.2, -0.15) is 0 Å². The number of carbonyl (C=O) groups excluding carboxylic acids is 2. The zero-order valence-corrected chi connectivity index (χ0v) is 17.9. The number of hydrogen-bond acceptors (Lipinski definition) is 5. The summed E-state index contributed by atoms with van der Waals surface area (Å²) in [7, 11) is 3.38. The first-order chi connectivity index (χ1) is 15.3. The molecular formula is C25H24N2O5. The number of ether oxygens (including phenoxy) is 1. The molecule has 164 valence electrons. The van der Waals surface area contributed by atoms with E-state index in [0.717, 1.165) is 22.8 Å². The Morgan fingerprint density at radius 3 is 2.41 bits per heavy atom. The topological polar surface area (TPSA) is 90.3 Å². The van der Waals surface area contributed by atoms with Crippen LogP contribution in [0.25, 0.3) is 0 Å². The number of phenolic OH excluding ortho intramolecular Hbond substituents is 2. The third-order valence-corrected chi connectivity index (χ3v) is 5.39. The number of phenols is 2. The van der Waals surface area contributed by atoms with Crippen molar-refractivity contribution in [3.63, 3.8) is 0 Å². The molecule has 3 aromatic rings. The van der Waals surface area contributed by atoms with Gasteiger partial charge in [-0.15, -0.1) is 0 Å². The molecule has 0 aromatic heterocycles. The number of nitrogens with zero attached hydrogens (tertiary/aromatic N) is 2. The van der Waals surface area contributed by atoms with E-state index in [1.807, 2.05) is 36.4 Å². The third-order valence-electron chi connectivity index (χ3n) is 5.39. The molecule has 0 saturated carbocycles. The molecule has 1 aliphatic heterocycles. The minimum atomic E-state index is -0.415. The Morgan fingerprint density at radius 2 is 1.69 bits per heavy atom. The predicted octanol–water partition coefficient (Wildman–Crippen LogP) is 3.53. The zero-order valence-electron chi connectivity index (χ0n) is 17.9. The van der Waals surface area contributed by atoms with Gasteiger partial charge in [0, 0.05) is 44.9 Å². The lowest BCUT2D eigenvalue weighted by Gasteiger charge is -2.19. The molecule has 1 aliphatic rings. The molecule has 3 aromatic carbocycles. The largest absolute Gasteiger partial charge is 0.508 e. The normalized spacial score (nSPS) is 12.4. The molecule has 2 amide bonds. The average Bonchev–Trinajstić information content (AvgIpc) is 3.20.